The normalized spacial score (nSPS) is 16.8. The van der Waals surface area contributed by atoms with Crippen LogP contribution in [-0.4, -0.2) is 64.7 Å². The monoisotopic (exact) mass is 604 g/mol. The van der Waals surface area contributed by atoms with E-state index in [4.69, 9.17) is 33.1 Å². The smallest absolute Gasteiger partial charge is 0.211 e. The molecule has 1 heterocycles. The average molecular weight is 606 g/mol. The maximum atomic E-state index is 14.0. The number of nitrogens with one attached hydrogen (secondary N) is 4. The number of hydrogen-bond acceptors (Lipinski definition) is 6. The van der Waals surface area contributed by atoms with Crippen LogP contribution in [0.4, 0.5) is 14.5 Å². The molecule has 1 saturated heterocycles. The van der Waals surface area contributed by atoms with Gasteiger partial charge in [-0.05, 0) is 67.9 Å². The lowest BCUT2D eigenvalue weighted by Gasteiger charge is -2.22. The molecule has 0 radical (unpaired) electrons. The highest BCUT2D eigenvalue weighted by Gasteiger charge is 2.32. The van der Waals surface area contributed by atoms with E-state index in [9.17, 15) is 13.6 Å². The molecule has 0 bridgehead atoms. The van der Waals surface area contributed by atoms with Crippen molar-refractivity contribution in [2.45, 2.75) is 52.1 Å². The predicted octanol–water partition coefficient (Wildman–Crippen LogP) is 5.35. The molecule has 0 aromatic heterocycles. The third-order valence-corrected chi connectivity index (χ3v) is 6.04. The van der Waals surface area contributed by atoms with Gasteiger partial charge in [-0.1, -0.05) is 57.0 Å². The zero-order chi connectivity index (χ0) is 30.9. The zero-order valence-electron chi connectivity index (χ0n) is 24.2. The molecule has 1 aliphatic heterocycles. The number of halogens is 4. The number of rotatable bonds is 9. The van der Waals surface area contributed by atoms with E-state index in [2.05, 4.69) is 49.0 Å². The minimum absolute atomic E-state index is 0.0316. The number of aliphatic hydroxyl groups excluding tert-OH is 1. The molecule has 2 aromatic carbocycles. The zero-order valence-corrected chi connectivity index (χ0v) is 25.7. The van der Waals surface area contributed by atoms with Crippen molar-refractivity contribution in [1.29, 1.82) is 0 Å². The summed E-state index contributed by atoms with van der Waals surface area (Å²) in [6, 6.07) is 7.31. The van der Waals surface area contributed by atoms with Gasteiger partial charge in [0, 0.05) is 37.2 Å². The Hall–Kier alpha value is -2.14. The van der Waals surface area contributed by atoms with Gasteiger partial charge in [-0.2, -0.15) is 0 Å². The Balaban J connectivity index is 0.000000789. The summed E-state index contributed by atoms with van der Waals surface area (Å²) in [5, 5.41) is 20.8. The molecule has 0 spiro atoms. The Bertz CT molecular complexity index is 1020. The Morgan fingerprint density at radius 3 is 2.12 bits per heavy atom. The SMILES string of the molecule is C=O.CC(C)(C)C.CNCCC(O)CNC.O=CNc1cc(Cl)c(F)cc1C1CNCC1c1ccc(F)c(Cl)c1. The summed E-state index contributed by atoms with van der Waals surface area (Å²) in [6.07, 6.45) is 1.14. The maximum Gasteiger partial charge on any atom is 0.211 e. The summed E-state index contributed by atoms with van der Waals surface area (Å²) in [6.45, 7) is 13.5. The molecule has 11 heteroatoms. The van der Waals surface area contributed by atoms with Crippen molar-refractivity contribution < 1.29 is 23.5 Å². The van der Waals surface area contributed by atoms with Gasteiger partial charge in [0.05, 0.1) is 16.1 Å². The Kier molecular flexibility index (Phi) is 18.8. The molecule has 3 rings (SSSR count). The standard InChI is InChI=1S/C17H14Cl2F2N2O.C6H16N2O.C5H12.CH2O/c18-13-3-9(1-2-15(13)20)11-6-22-7-12(11)10-4-16(21)14(19)5-17(10)23-8-24;1-7-4-3-6(9)5-8-2;1-5(2,3)4;1-2/h1-5,8,11-12,22H,6-7H2,(H,23,24);6-9H,3-5H2,1-2H3;1-4H3;1H2. The molecule has 7 nitrogen and oxygen atoms in total. The van der Waals surface area contributed by atoms with Crippen LogP contribution >= 0.6 is 23.2 Å². The van der Waals surface area contributed by atoms with Crippen LogP contribution in [0, 0.1) is 17.0 Å². The first-order valence-corrected chi connectivity index (χ1v) is 13.7. The van der Waals surface area contributed by atoms with Crippen molar-refractivity contribution in [2.24, 2.45) is 5.41 Å². The highest BCUT2D eigenvalue weighted by atomic mass is 35.5. The second kappa shape index (κ2) is 19.9. The first kappa shape index (κ1) is 37.9. The minimum atomic E-state index is -0.550. The average Bonchev–Trinajstić information content (AvgIpc) is 3.37. The summed E-state index contributed by atoms with van der Waals surface area (Å²) in [5.41, 5.74) is 2.45. The van der Waals surface area contributed by atoms with Crippen molar-refractivity contribution in [3.63, 3.8) is 0 Å². The molecule has 2 aromatic rings. The van der Waals surface area contributed by atoms with Crippen molar-refractivity contribution in [3.8, 4) is 0 Å². The molecular weight excluding hydrogens is 561 g/mol. The number of carbonyl (C=O) groups excluding carboxylic acids is 2. The van der Waals surface area contributed by atoms with Crippen LogP contribution < -0.4 is 21.3 Å². The lowest BCUT2D eigenvalue weighted by molar-refractivity contribution is -0.105. The van der Waals surface area contributed by atoms with Gasteiger partial charge in [-0.15, -0.1) is 0 Å². The summed E-state index contributed by atoms with van der Waals surface area (Å²) >= 11 is 11.7. The lowest BCUT2D eigenvalue weighted by Crippen LogP contribution is -2.26. The number of amides is 1. The van der Waals surface area contributed by atoms with Gasteiger partial charge < -0.3 is 31.2 Å². The van der Waals surface area contributed by atoms with Crippen molar-refractivity contribution in [1.82, 2.24) is 16.0 Å². The van der Waals surface area contributed by atoms with Crippen molar-refractivity contribution in [2.75, 3.05) is 45.6 Å². The summed E-state index contributed by atoms with van der Waals surface area (Å²) in [5.74, 6) is -1.17. The highest BCUT2D eigenvalue weighted by molar-refractivity contribution is 6.31. The fourth-order valence-corrected chi connectivity index (χ4v) is 4.16. The third-order valence-electron chi connectivity index (χ3n) is 5.46. The largest absolute Gasteiger partial charge is 0.392 e. The molecule has 1 aliphatic rings. The van der Waals surface area contributed by atoms with Gasteiger partial charge in [0.1, 0.15) is 18.4 Å². The summed E-state index contributed by atoms with van der Waals surface area (Å²) in [4.78, 5) is 18.8. The predicted molar refractivity (Wildman–Crippen MR) is 162 cm³/mol. The molecule has 5 N–H and O–H groups in total. The molecule has 0 aliphatic carbocycles. The van der Waals surface area contributed by atoms with Crippen LogP contribution in [0.5, 0.6) is 0 Å². The van der Waals surface area contributed by atoms with Gasteiger partial charge in [0.2, 0.25) is 6.41 Å². The van der Waals surface area contributed by atoms with Gasteiger partial charge >= 0.3 is 0 Å². The number of benzene rings is 2. The number of hydrogen-bond donors (Lipinski definition) is 5. The van der Waals surface area contributed by atoms with Gasteiger partial charge in [0.15, 0.2) is 0 Å². The summed E-state index contributed by atoms with van der Waals surface area (Å²) < 4.78 is 27.4. The van der Waals surface area contributed by atoms with Crippen LogP contribution in [0.1, 0.15) is 57.1 Å². The van der Waals surface area contributed by atoms with Crippen LogP contribution in [-0.2, 0) is 9.59 Å². The van der Waals surface area contributed by atoms with Crippen molar-refractivity contribution >= 4 is 42.1 Å². The second-order valence-corrected chi connectivity index (χ2v) is 11.6. The molecule has 40 heavy (non-hydrogen) atoms. The van der Waals surface area contributed by atoms with E-state index in [1.165, 1.54) is 18.2 Å². The molecule has 3 atom stereocenters. The Labute approximate surface area is 247 Å². The van der Waals surface area contributed by atoms with E-state index in [0.717, 1.165) is 18.5 Å². The first-order valence-electron chi connectivity index (χ1n) is 12.9. The van der Waals surface area contributed by atoms with Crippen molar-refractivity contribution in [3.05, 3.63) is 63.1 Å². The van der Waals surface area contributed by atoms with E-state index in [1.807, 2.05) is 20.9 Å². The van der Waals surface area contributed by atoms with Crippen LogP contribution in [0.15, 0.2) is 30.3 Å². The van der Waals surface area contributed by atoms with Crippen LogP contribution in [0.2, 0.25) is 10.0 Å². The first-order chi connectivity index (χ1) is 18.8. The van der Waals surface area contributed by atoms with Gasteiger partial charge in [-0.3, -0.25) is 4.79 Å². The number of carbonyl (C=O) groups is 2. The van der Waals surface area contributed by atoms with E-state index >= 15 is 0 Å². The van der Waals surface area contributed by atoms with E-state index in [-0.39, 0.29) is 28.0 Å². The minimum Gasteiger partial charge on any atom is -0.392 e. The number of anilines is 1. The molecule has 0 saturated carbocycles. The van der Waals surface area contributed by atoms with Crippen LogP contribution in [0.25, 0.3) is 0 Å². The quantitative estimate of drug-likeness (QED) is 0.247. The van der Waals surface area contributed by atoms with E-state index in [1.54, 1.807) is 12.1 Å². The highest BCUT2D eigenvalue weighted by Crippen LogP contribution is 2.41. The van der Waals surface area contributed by atoms with E-state index in [0.29, 0.717) is 42.7 Å². The Morgan fingerprint density at radius 1 is 1.02 bits per heavy atom. The molecular formula is C29H44Cl2F2N4O3. The topological polar surface area (TPSA) is 102 Å². The van der Waals surface area contributed by atoms with Gasteiger partial charge in [0.25, 0.3) is 0 Å². The van der Waals surface area contributed by atoms with Crippen LogP contribution in [0.3, 0.4) is 0 Å². The Morgan fingerprint density at radius 2 is 1.60 bits per heavy atom. The number of likely N-dealkylation sites (N-methyl/N-ethyl adjacent to an activating group) is 1. The fourth-order valence-electron chi connectivity index (χ4n) is 3.80. The third kappa shape index (κ3) is 14.5. The maximum absolute atomic E-state index is 14.0. The van der Waals surface area contributed by atoms with Gasteiger partial charge in [-0.25, -0.2) is 8.78 Å². The molecule has 1 fully saturated rings. The second-order valence-electron chi connectivity index (χ2n) is 10.8. The summed E-state index contributed by atoms with van der Waals surface area (Å²) in [7, 11) is 3.72. The molecule has 3 unspecified atom stereocenters. The van der Waals surface area contributed by atoms with E-state index < -0.39 is 11.6 Å². The molecule has 226 valence electrons. The lowest BCUT2D eigenvalue weighted by atomic mass is 9.83. The fraction of sp³-hybridized carbons (Fsp3) is 0.517. The number of aliphatic hydroxyl groups is 1. The molecule has 1 amide bonds.